The number of para-hydroxylation sites is 1. The summed E-state index contributed by atoms with van der Waals surface area (Å²) in [6.07, 6.45) is 0.328. The molecule has 0 spiro atoms. The minimum absolute atomic E-state index is 0.170. The van der Waals surface area contributed by atoms with Gasteiger partial charge < -0.3 is 9.84 Å². The van der Waals surface area contributed by atoms with Crippen molar-refractivity contribution in [2.45, 2.75) is 18.1 Å². The zero-order valence-corrected chi connectivity index (χ0v) is 12.7. The number of fused-ring (bicyclic) bond motifs is 1. The molecule has 1 aliphatic heterocycles. The lowest BCUT2D eigenvalue weighted by Crippen LogP contribution is -2.35. The summed E-state index contributed by atoms with van der Waals surface area (Å²) in [5, 5.41) is 11.5. The zero-order chi connectivity index (χ0) is 15.7. The van der Waals surface area contributed by atoms with Crippen molar-refractivity contribution in [2.24, 2.45) is 0 Å². The molecule has 2 nitrogen and oxygen atoms in total. The Morgan fingerprint density at radius 1 is 0.783 bits per heavy atom. The quantitative estimate of drug-likeness (QED) is 0.758. The molecular formula is C21H18O2. The van der Waals surface area contributed by atoms with Crippen molar-refractivity contribution in [3.8, 4) is 5.75 Å². The Kier molecular flexibility index (Phi) is 3.40. The third kappa shape index (κ3) is 2.41. The highest BCUT2D eigenvalue weighted by atomic mass is 16.5. The predicted molar refractivity (Wildman–Crippen MR) is 90.3 cm³/mol. The minimum atomic E-state index is -1.05. The number of ether oxygens (including phenoxy) is 1. The normalized spacial score (nSPS) is 22.9. The summed E-state index contributed by atoms with van der Waals surface area (Å²) in [7, 11) is 0. The Morgan fingerprint density at radius 3 is 2.13 bits per heavy atom. The standard InChI is InChI=1S/C21H18O2/c22-21(17-11-5-2-6-12-17)15-20(16-9-3-1-4-10-16)23-19-14-8-7-13-18(19)21/h1-14,20,22H,15H2/t20-,21+/m1/s1. The van der Waals surface area contributed by atoms with Crippen LogP contribution in [-0.4, -0.2) is 5.11 Å². The fourth-order valence-electron chi connectivity index (χ4n) is 3.33. The molecule has 114 valence electrons. The molecule has 1 aliphatic rings. The van der Waals surface area contributed by atoms with Crippen LogP contribution in [0.3, 0.4) is 0 Å². The van der Waals surface area contributed by atoms with Gasteiger partial charge in [0.05, 0.1) is 0 Å². The van der Waals surface area contributed by atoms with Crippen molar-refractivity contribution in [1.82, 2.24) is 0 Å². The number of rotatable bonds is 2. The van der Waals surface area contributed by atoms with Crippen molar-refractivity contribution >= 4 is 0 Å². The zero-order valence-electron chi connectivity index (χ0n) is 12.7. The van der Waals surface area contributed by atoms with E-state index in [-0.39, 0.29) is 6.10 Å². The van der Waals surface area contributed by atoms with Crippen LogP contribution in [-0.2, 0) is 5.60 Å². The Morgan fingerprint density at radius 2 is 1.39 bits per heavy atom. The van der Waals surface area contributed by atoms with Gasteiger partial charge in [0.15, 0.2) is 0 Å². The smallest absolute Gasteiger partial charge is 0.127 e. The second-order valence-electron chi connectivity index (χ2n) is 5.94. The van der Waals surface area contributed by atoms with Crippen LogP contribution in [0.1, 0.15) is 29.2 Å². The average molecular weight is 302 g/mol. The van der Waals surface area contributed by atoms with E-state index in [2.05, 4.69) is 0 Å². The van der Waals surface area contributed by atoms with E-state index >= 15 is 0 Å². The van der Waals surface area contributed by atoms with Crippen molar-refractivity contribution in [2.75, 3.05) is 0 Å². The van der Waals surface area contributed by atoms with Crippen molar-refractivity contribution < 1.29 is 9.84 Å². The van der Waals surface area contributed by atoms with E-state index in [0.29, 0.717) is 6.42 Å². The monoisotopic (exact) mass is 302 g/mol. The second-order valence-corrected chi connectivity index (χ2v) is 5.94. The molecule has 0 saturated heterocycles. The van der Waals surface area contributed by atoms with Crippen LogP contribution in [0.5, 0.6) is 5.75 Å². The van der Waals surface area contributed by atoms with Gasteiger partial charge in [0.25, 0.3) is 0 Å². The fourth-order valence-corrected chi connectivity index (χ4v) is 3.33. The maximum Gasteiger partial charge on any atom is 0.127 e. The van der Waals surface area contributed by atoms with Gasteiger partial charge in [-0.2, -0.15) is 0 Å². The van der Waals surface area contributed by atoms with Gasteiger partial charge in [-0.05, 0) is 17.2 Å². The van der Waals surface area contributed by atoms with Crippen molar-refractivity contribution in [3.05, 3.63) is 102 Å². The van der Waals surface area contributed by atoms with E-state index in [9.17, 15) is 5.11 Å². The van der Waals surface area contributed by atoms with E-state index in [1.807, 2.05) is 84.9 Å². The fraction of sp³-hybridized carbons (Fsp3) is 0.143. The first-order valence-corrected chi connectivity index (χ1v) is 7.86. The van der Waals surface area contributed by atoms with E-state index in [4.69, 9.17) is 4.74 Å². The van der Waals surface area contributed by atoms with Gasteiger partial charge in [-0.25, -0.2) is 0 Å². The molecule has 1 heterocycles. The molecular weight excluding hydrogens is 284 g/mol. The molecule has 4 rings (SSSR count). The Hall–Kier alpha value is -2.58. The number of hydrogen-bond acceptors (Lipinski definition) is 2. The van der Waals surface area contributed by atoms with Gasteiger partial charge in [-0.15, -0.1) is 0 Å². The summed E-state index contributed by atoms with van der Waals surface area (Å²) < 4.78 is 6.17. The highest BCUT2D eigenvalue weighted by Gasteiger charge is 2.41. The molecule has 0 radical (unpaired) electrons. The lowest BCUT2D eigenvalue weighted by molar-refractivity contribution is 0.000611. The van der Waals surface area contributed by atoms with Gasteiger partial charge in [0.1, 0.15) is 17.5 Å². The Bertz CT molecular complexity index is 798. The third-order valence-corrected chi connectivity index (χ3v) is 4.51. The Labute approximate surface area is 136 Å². The maximum atomic E-state index is 11.5. The molecule has 2 heteroatoms. The Balaban J connectivity index is 1.85. The molecule has 1 N–H and O–H groups in total. The SMILES string of the molecule is O[C@]1(c2ccccc2)C[C@H](c2ccccc2)Oc2ccccc21. The van der Waals surface area contributed by atoms with E-state index in [1.165, 1.54) is 0 Å². The summed E-state index contributed by atoms with van der Waals surface area (Å²) in [5.74, 6) is 0.749. The van der Waals surface area contributed by atoms with Gasteiger partial charge in [-0.1, -0.05) is 78.9 Å². The van der Waals surface area contributed by atoms with E-state index in [1.54, 1.807) is 0 Å². The molecule has 0 bridgehead atoms. The van der Waals surface area contributed by atoms with Gasteiger partial charge in [0, 0.05) is 12.0 Å². The topological polar surface area (TPSA) is 29.5 Å². The van der Waals surface area contributed by atoms with Crippen LogP contribution >= 0.6 is 0 Å². The van der Waals surface area contributed by atoms with Crippen molar-refractivity contribution in [3.63, 3.8) is 0 Å². The molecule has 0 aromatic heterocycles. The maximum absolute atomic E-state index is 11.5. The molecule has 0 aliphatic carbocycles. The molecule has 2 atom stereocenters. The predicted octanol–water partition coefficient (Wildman–Crippen LogP) is 4.45. The summed E-state index contributed by atoms with van der Waals surface area (Å²) in [6.45, 7) is 0. The molecule has 0 unspecified atom stereocenters. The second kappa shape index (κ2) is 5.56. The van der Waals surface area contributed by atoms with Crippen LogP contribution in [0.25, 0.3) is 0 Å². The van der Waals surface area contributed by atoms with E-state index < -0.39 is 5.60 Å². The average Bonchev–Trinajstić information content (AvgIpc) is 2.63. The largest absolute Gasteiger partial charge is 0.485 e. The van der Waals surface area contributed by atoms with E-state index in [0.717, 1.165) is 22.4 Å². The van der Waals surface area contributed by atoms with Gasteiger partial charge in [0.2, 0.25) is 0 Å². The molecule has 0 amide bonds. The summed E-state index contributed by atoms with van der Waals surface area (Å²) >= 11 is 0. The highest BCUT2D eigenvalue weighted by molar-refractivity contribution is 5.47. The van der Waals surface area contributed by atoms with Gasteiger partial charge in [-0.3, -0.25) is 0 Å². The molecule has 23 heavy (non-hydrogen) atoms. The summed E-state index contributed by atoms with van der Waals surface area (Å²) in [4.78, 5) is 0. The summed E-state index contributed by atoms with van der Waals surface area (Å²) in [5.41, 5.74) is 1.77. The van der Waals surface area contributed by atoms with Crippen LogP contribution in [0.4, 0.5) is 0 Å². The van der Waals surface area contributed by atoms with Crippen LogP contribution in [0.2, 0.25) is 0 Å². The lowest BCUT2D eigenvalue weighted by atomic mass is 9.78. The van der Waals surface area contributed by atoms with Gasteiger partial charge >= 0.3 is 0 Å². The minimum Gasteiger partial charge on any atom is -0.485 e. The summed E-state index contributed by atoms with van der Waals surface area (Å²) in [6, 6.07) is 27.7. The number of hydrogen-bond donors (Lipinski definition) is 1. The first-order valence-electron chi connectivity index (χ1n) is 7.86. The first-order chi connectivity index (χ1) is 11.3. The lowest BCUT2D eigenvalue weighted by Gasteiger charge is -2.39. The van der Waals surface area contributed by atoms with Crippen LogP contribution < -0.4 is 4.74 Å². The molecule has 0 saturated carbocycles. The molecule has 3 aromatic rings. The third-order valence-electron chi connectivity index (χ3n) is 4.51. The number of benzene rings is 3. The van der Waals surface area contributed by atoms with Crippen LogP contribution in [0.15, 0.2) is 84.9 Å². The molecule has 3 aromatic carbocycles. The molecule has 0 fully saturated rings. The highest BCUT2D eigenvalue weighted by Crippen LogP contribution is 2.47. The van der Waals surface area contributed by atoms with Crippen LogP contribution in [0, 0.1) is 0 Å². The first kappa shape index (κ1) is 14.0. The number of aliphatic hydroxyl groups is 1. The van der Waals surface area contributed by atoms with Crippen molar-refractivity contribution in [1.29, 1.82) is 0 Å².